The number of rotatable bonds is 5. The second-order valence-electron chi connectivity index (χ2n) is 6.32. The Morgan fingerprint density at radius 2 is 2.00 bits per heavy atom. The molecule has 124 valence electrons. The predicted octanol–water partition coefficient (Wildman–Crippen LogP) is 2.94. The van der Waals surface area contributed by atoms with Gasteiger partial charge in [0.1, 0.15) is 0 Å². The van der Waals surface area contributed by atoms with Crippen LogP contribution in [0.5, 0.6) is 0 Å². The van der Waals surface area contributed by atoms with Crippen molar-refractivity contribution in [3.05, 3.63) is 48.0 Å². The molecule has 0 spiro atoms. The first kappa shape index (κ1) is 16.2. The van der Waals surface area contributed by atoms with E-state index in [-0.39, 0.29) is 17.9 Å². The van der Waals surface area contributed by atoms with Gasteiger partial charge >= 0.3 is 0 Å². The Hall–Kier alpha value is -2.69. The fourth-order valence-corrected chi connectivity index (χ4v) is 2.86. The standard InChI is InChI=1S/C19H20N2O3/c1-12(2)18(17-10-16(11-22)24-21-17)20-19(23)15-8-7-13-5-3-4-6-14(13)9-15/h3-9,11-12,16,18H,10H2,1-2H3,(H,20,23)/t16?,18-/m0/s1. The average molecular weight is 324 g/mol. The highest BCUT2D eigenvalue weighted by Crippen LogP contribution is 2.18. The van der Waals surface area contributed by atoms with Gasteiger partial charge in [0.25, 0.3) is 5.91 Å². The van der Waals surface area contributed by atoms with E-state index in [0.717, 1.165) is 17.1 Å². The molecule has 2 aromatic rings. The molecule has 1 heterocycles. The summed E-state index contributed by atoms with van der Waals surface area (Å²) in [5.74, 6) is -0.0149. The van der Waals surface area contributed by atoms with Crippen molar-refractivity contribution in [3.8, 4) is 0 Å². The molecule has 0 fully saturated rings. The van der Waals surface area contributed by atoms with Crippen LogP contribution >= 0.6 is 0 Å². The number of nitrogens with zero attached hydrogens (tertiary/aromatic N) is 1. The lowest BCUT2D eigenvalue weighted by Gasteiger charge is -2.21. The van der Waals surface area contributed by atoms with Crippen molar-refractivity contribution in [2.45, 2.75) is 32.4 Å². The number of hydrogen-bond donors (Lipinski definition) is 1. The average Bonchev–Trinajstić information content (AvgIpc) is 3.07. The molecule has 3 rings (SSSR count). The molecular weight excluding hydrogens is 304 g/mol. The molecule has 2 atom stereocenters. The smallest absolute Gasteiger partial charge is 0.251 e. The van der Waals surface area contributed by atoms with Crippen LogP contribution in [0.4, 0.5) is 0 Å². The first-order chi connectivity index (χ1) is 11.6. The maximum atomic E-state index is 12.6. The molecule has 5 heteroatoms. The van der Waals surface area contributed by atoms with E-state index in [1.54, 1.807) is 0 Å². The Morgan fingerprint density at radius 3 is 2.67 bits per heavy atom. The highest BCUT2D eigenvalue weighted by atomic mass is 16.6. The summed E-state index contributed by atoms with van der Waals surface area (Å²) < 4.78 is 0. The lowest BCUT2D eigenvalue weighted by atomic mass is 9.95. The summed E-state index contributed by atoms with van der Waals surface area (Å²) >= 11 is 0. The molecule has 1 amide bonds. The number of nitrogens with one attached hydrogen (secondary N) is 1. The Bertz CT molecular complexity index is 798. The number of fused-ring (bicyclic) bond motifs is 1. The maximum absolute atomic E-state index is 12.6. The minimum atomic E-state index is -0.543. The lowest BCUT2D eigenvalue weighted by Crippen LogP contribution is -2.44. The number of hydrogen-bond acceptors (Lipinski definition) is 4. The van der Waals surface area contributed by atoms with E-state index in [1.165, 1.54) is 0 Å². The molecule has 0 saturated heterocycles. The second kappa shape index (κ2) is 6.83. The van der Waals surface area contributed by atoms with E-state index in [1.807, 2.05) is 56.3 Å². The number of carbonyl (C=O) groups is 2. The highest BCUT2D eigenvalue weighted by molar-refractivity contribution is 6.02. The van der Waals surface area contributed by atoms with Crippen molar-refractivity contribution in [2.24, 2.45) is 11.1 Å². The van der Waals surface area contributed by atoms with Gasteiger partial charge in [0, 0.05) is 12.0 Å². The molecular formula is C19H20N2O3. The number of benzene rings is 2. The number of amides is 1. The molecule has 5 nitrogen and oxygen atoms in total. The van der Waals surface area contributed by atoms with Gasteiger partial charge in [-0.15, -0.1) is 0 Å². The highest BCUT2D eigenvalue weighted by Gasteiger charge is 2.30. The molecule has 0 radical (unpaired) electrons. The van der Waals surface area contributed by atoms with Gasteiger partial charge in [-0.25, -0.2) is 0 Å². The number of aldehydes is 1. The van der Waals surface area contributed by atoms with Gasteiger partial charge in [0.2, 0.25) is 0 Å². The molecule has 0 bridgehead atoms. The summed E-state index contributed by atoms with van der Waals surface area (Å²) in [5, 5.41) is 9.11. The van der Waals surface area contributed by atoms with Crippen molar-refractivity contribution in [3.63, 3.8) is 0 Å². The molecule has 1 aliphatic heterocycles. The first-order valence-corrected chi connectivity index (χ1v) is 8.06. The van der Waals surface area contributed by atoms with E-state index >= 15 is 0 Å². The summed E-state index contributed by atoms with van der Waals surface area (Å²) in [4.78, 5) is 28.5. The molecule has 0 aliphatic carbocycles. The van der Waals surface area contributed by atoms with Crippen molar-refractivity contribution in [2.75, 3.05) is 0 Å². The Kier molecular flexibility index (Phi) is 4.60. The summed E-state index contributed by atoms with van der Waals surface area (Å²) in [5.41, 5.74) is 1.31. The zero-order valence-electron chi connectivity index (χ0n) is 13.7. The van der Waals surface area contributed by atoms with Crippen LogP contribution in [0.2, 0.25) is 0 Å². The van der Waals surface area contributed by atoms with Gasteiger partial charge in [-0.2, -0.15) is 0 Å². The van der Waals surface area contributed by atoms with Crippen LogP contribution < -0.4 is 5.32 Å². The topological polar surface area (TPSA) is 67.8 Å². The van der Waals surface area contributed by atoms with Crippen LogP contribution in [0.3, 0.4) is 0 Å². The molecule has 0 saturated carbocycles. The van der Waals surface area contributed by atoms with E-state index in [0.29, 0.717) is 17.7 Å². The Morgan fingerprint density at radius 1 is 1.25 bits per heavy atom. The largest absolute Gasteiger partial charge is 0.384 e. The lowest BCUT2D eigenvalue weighted by molar-refractivity contribution is -0.116. The minimum Gasteiger partial charge on any atom is -0.384 e. The third kappa shape index (κ3) is 3.30. The van der Waals surface area contributed by atoms with Crippen LogP contribution in [0, 0.1) is 5.92 Å². The van der Waals surface area contributed by atoms with Crippen molar-refractivity contribution >= 4 is 28.7 Å². The predicted molar refractivity (Wildman–Crippen MR) is 93.0 cm³/mol. The molecule has 2 aromatic carbocycles. The summed E-state index contributed by atoms with van der Waals surface area (Å²) in [6, 6.07) is 13.3. The van der Waals surface area contributed by atoms with E-state index < -0.39 is 6.10 Å². The van der Waals surface area contributed by atoms with Gasteiger partial charge < -0.3 is 10.2 Å². The van der Waals surface area contributed by atoms with Gasteiger partial charge in [-0.3, -0.25) is 9.59 Å². The fourth-order valence-electron chi connectivity index (χ4n) is 2.86. The van der Waals surface area contributed by atoms with E-state index in [4.69, 9.17) is 4.84 Å². The van der Waals surface area contributed by atoms with Gasteiger partial charge in [-0.05, 0) is 28.8 Å². The van der Waals surface area contributed by atoms with Crippen LogP contribution in [0.25, 0.3) is 10.8 Å². The first-order valence-electron chi connectivity index (χ1n) is 8.06. The zero-order chi connectivity index (χ0) is 17.1. The monoisotopic (exact) mass is 324 g/mol. The Labute approximate surface area is 140 Å². The number of oxime groups is 1. The summed E-state index contributed by atoms with van der Waals surface area (Å²) in [6.45, 7) is 4.00. The molecule has 0 aromatic heterocycles. The fraction of sp³-hybridized carbons (Fsp3) is 0.316. The molecule has 1 N–H and O–H groups in total. The van der Waals surface area contributed by atoms with Gasteiger partial charge in [0.15, 0.2) is 12.4 Å². The third-order valence-electron chi connectivity index (χ3n) is 4.19. The zero-order valence-corrected chi connectivity index (χ0v) is 13.7. The van der Waals surface area contributed by atoms with Gasteiger partial charge in [0.05, 0.1) is 11.8 Å². The number of carbonyl (C=O) groups excluding carboxylic acids is 2. The molecule has 1 aliphatic rings. The summed E-state index contributed by atoms with van der Waals surface area (Å²) in [6.07, 6.45) is 0.613. The molecule has 24 heavy (non-hydrogen) atoms. The maximum Gasteiger partial charge on any atom is 0.251 e. The van der Waals surface area contributed by atoms with E-state index in [9.17, 15) is 9.59 Å². The summed E-state index contributed by atoms with van der Waals surface area (Å²) in [7, 11) is 0. The van der Waals surface area contributed by atoms with Crippen LogP contribution in [-0.2, 0) is 9.63 Å². The minimum absolute atomic E-state index is 0.141. The van der Waals surface area contributed by atoms with Gasteiger partial charge in [-0.1, -0.05) is 49.3 Å². The Balaban J connectivity index is 1.79. The van der Waals surface area contributed by atoms with Crippen molar-refractivity contribution < 1.29 is 14.4 Å². The van der Waals surface area contributed by atoms with Crippen LogP contribution in [-0.4, -0.2) is 30.1 Å². The SMILES string of the molecule is CC(C)[C@H](NC(=O)c1ccc2ccccc2c1)C1=NOC(C=O)C1. The third-order valence-corrected chi connectivity index (χ3v) is 4.19. The van der Waals surface area contributed by atoms with E-state index in [2.05, 4.69) is 10.5 Å². The quantitative estimate of drug-likeness (QED) is 0.860. The van der Waals surface area contributed by atoms with Crippen LogP contribution in [0.1, 0.15) is 30.6 Å². The normalized spacial score (nSPS) is 18.1. The molecule has 1 unspecified atom stereocenters. The van der Waals surface area contributed by atoms with Crippen molar-refractivity contribution in [1.29, 1.82) is 0 Å². The van der Waals surface area contributed by atoms with Crippen molar-refractivity contribution in [1.82, 2.24) is 5.32 Å². The van der Waals surface area contributed by atoms with Crippen LogP contribution in [0.15, 0.2) is 47.6 Å². The second-order valence-corrected chi connectivity index (χ2v) is 6.32.